The molecule has 47 heavy (non-hydrogen) atoms. The summed E-state index contributed by atoms with van der Waals surface area (Å²) in [5, 5.41) is 0.621. The first-order valence-corrected chi connectivity index (χ1v) is 16.2. The van der Waals surface area contributed by atoms with Crippen molar-refractivity contribution in [1.82, 2.24) is 9.97 Å². The standard InChI is InChI=1S/C40H41ClN4O2/c1-26-12-8-15-29-16-11-25-43-37(29)35(44-26)23-20-28-14-9-17-31(27(28)2)32-18-10-19-33(36(32)41)34-22-21-30(38(45-34)47-5)13-6-7-24-40(3,4)39(42)46/h6-7,9-12,14,16-23,25H,8,13,15,24H2,1-5H3,(H2,42,46)/b7-6+,23-20+,26-12-,44-35-. The van der Waals surface area contributed by atoms with Crippen LogP contribution in [0.2, 0.25) is 5.02 Å². The van der Waals surface area contributed by atoms with Crippen LogP contribution in [0.3, 0.4) is 0 Å². The number of fused-ring (bicyclic) bond motifs is 1. The van der Waals surface area contributed by atoms with Crippen molar-refractivity contribution >= 4 is 29.3 Å². The molecule has 6 nitrogen and oxygen atoms in total. The maximum atomic E-state index is 11.6. The number of aromatic nitrogens is 2. The monoisotopic (exact) mass is 644 g/mol. The lowest BCUT2D eigenvalue weighted by atomic mass is 9.88. The zero-order valence-electron chi connectivity index (χ0n) is 27.7. The van der Waals surface area contributed by atoms with E-state index in [1.807, 2.05) is 75.5 Å². The van der Waals surface area contributed by atoms with Crippen molar-refractivity contribution in [3.63, 3.8) is 0 Å². The number of allylic oxidation sites excluding steroid dienone is 5. The van der Waals surface area contributed by atoms with Gasteiger partial charge < -0.3 is 10.5 Å². The Labute approximate surface area is 282 Å². The van der Waals surface area contributed by atoms with Gasteiger partial charge in [-0.15, -0.1) is 0 Å². The van der Waals surface area contributed by atoms with Gasteiger partial charge in [0.25, 0.3) is 0 Å². The van der Waals surface area contributed by atoms with Gasteiger partial charge in [-0.2, -0.15) is 0 Å². The number of carbonyl (C=O) groups excluding carboxylic acids is 1. The first-order chi connectivity index (χ1) is 22.6. The Morgan fingerprint density at radius 1 is 0.979 bits per heavy atom. The van der Waals surface area contributed by atoms with Gasteiger partial charge in [-0.05, 0) is 80.0 Å². The lowest BCUT2D eigenvalue weighted by molar-refractivity contribution is -0.125. The predicted octanol–water partition coefficient (Wildman–Crippen LogP) is 9.13. The van der Waals surface area contributed by atoms with Crippen molar-refractivity contribution in [2.24, 2.45) is 16.1 Å². The van der Waals surface area contributed by atoms with Crippen LogP contribution in [-0.2, 0) is 17.6 Å². The molecule has 0 spiro atoms. The molecule has 0 fully saturated rings. The van der Waals surface area contributed by atoms with Gasteiger partial charge in [0.2, 0.25) is 11.8 Å². The number of benzene rings is 2. The number of hydrogen-bond acceptors (Lipinski definition) is 5. The van der Waals surface area contributed by atoms with Gasteiger partial charge in [-0.25, -0.2) is 4.98 Å². The zero-order valence-corrected chi connectivity index (χ0v) is 28.4. The number of aryl methyl sites for hydroxylation is 1. The number of carbonyl (C=O) groups is 1. The van der Waals surface area contributed by atoms with Crippen LogP contribution in [0, 0.1) is 12.3 Å². The molecule has 7 heteroatoms. The van der Waals surface area contributed by atoms with Crippen LogP contribution in [0.25, 0.3) is 28.5 Å². The van der Waals surface area contributed by atoms with E-state index >= 15 is 0 Å². The molecule has 4 aromatic rings. The highest BCUT2D eigenvalue weighted by Gasteiger charge is 2.23. The number of nitrogens with zero attached hydrogens (tertiary/aromatic N) is 3. The van der Waals surface area contributed by atoms with E-state index in [2.05, 4.69) is 54.4 Å². The second-order valence-corrected chi connectivity index (χ2v) is 12.8. The van der Waals surface area contributed by atoms with E-state index < -0.39 is 5.41 Å². The second-order valence-electron chi connectivity index (χ2n) is 12.4. The number of halogens is 1. The maximum Gasteiger partial charge on any atom is 0.223 e. The fourth-order valence-electron chi connectivity index (χ4n) is 5.58. The molecule has 240 valence electrons. The van der Waals surface area contributed by atoms with E-state index in [1.54, 1.807) is 7.11 Å². The summed E-state index contributed by atoms with van der Waals surface area (Å²) in [6.07, 6.45) is 15.2. The number of primary amides is 1. The van der Waals surface area contributed by atoms with Crippen molar-refractivity contribution in [3.05, 3.63) is 130 Å². The number of nitrogens with two attached hydrogens (primary N) is 1. The number of hydrogen-bond donors (Lipinski definition) is 1. The SMILES string of the molecule is COc1nc(-c2cccc(-c3cccc(/C=C/C4=N/C(C)=C\CCc5cccnc54)c3C)c2Cl)ccc1C/C=C/CC(C)(C)C(N)=O. The summed E-state index contributed by atoms with van der Waals surface area (Å²) in [6, 6.07) is 20.4. The van der Waals surface area contributed by atoms with E-state index in [4.69, 9.17) is 32.0 Å². The maximum absolute atomic E-state index is 11.6. The molecule has 0 saturated carbocycles. The Morgan fingerprint density at radius 2 is 1.74 bits per heavy atom. The van der Waals surface area contributed by atoms with Gasteiger partial charge in [0.05, 0.1) is 29.2 Å². The molecule has 5 rings (SSSR count). The van der Waals surface area contributed by atoms with Crippen LogP contribution in [0.5, 0.6) is 5.88 Å². The summed E-state index contributed by atoms with van der Waals surface area (Å²) in [7, 11) is 1.62. The third-order valence-corrected chi connectivity index (χ3v) is 8.98. The summed E-state index contributed by atoms with van der Waals surface area (Å²) in [6.45, 7) is 7.83. The Kier molecular flexibility index (Phi) is 10.5. The number of rotatable bonds is 10. The Bertz CT molecular complexity index is 1920. The van der Waals surface area contributed by atoms with E-state index in [-0.39, 0.29) is 5.91 Å². The van der Waals surface area contributed by atoms with Crippen LogP contribution in [-0.4, -0.2) is 28.7 Å². The molecule has 2 aromatic carbocycles. The highest BCUT2D eigenvalue weighted by molar-refractivity contribution is 6.36. The van der Waals surface area contributed by atoms with Gasteiger partial charge in [-0.1, -0.05) is 98.3 Å². The first-order valence-electron chi connectivity index (χ1n) is 15.8. The number of pyridine rings is 2. The Hall–Kier alpha value is -4.81. The topological polar surface area (TPSA) is 90.5 Å². The zero-order chi connectivity index (χ0) is 33.6. The predicted molar refractivity (Wildman–Crippen MR) is 194 cm³/mol. The minimum Gasteiger partial charge on any atom is -0.481 e. The van der Waals surface area contributed by atoms with Gasteiger partial charge >= 0.3 is 0 Å². The Balaban J connectivity index is 1.43. The third kappa shape index (κ3) is 7.78. The second kappa shape index (κ2) is 14.7. The minimum absolute atomic E-state index is 0.320. The van der Waals surface area contributed by atoms with Crippen LogP contribution < -0.4 is 10.5 Å². The van der Waals surface area contributed by atoms with E-state index in [0.29, 0.717) is 23.7 Å². The van der Waals surface area contributed by atoms with E-state index in [0.717, 1.165) is 69.0 Å². The van der Waals surface area contributed by atoms with Crippen LogP contribution >= 0.6 is 11.6 Å². The fraction of sp³-hybridized carbons (Fsp3) is 0.250. The lowest BCUT2D eigenvalue weighted by Gasteiger charge is -2.17. The van der Waals surface area contributed by atoms with Crippen molar-refractivity contribution in [2.75, 3.05) is 7.11 Å². The molecule has 2 aromatic heterocycles. The summed E-state index contributed by atoms with van der Waals surface area (Å²) in [5.41, 5.74) is 15.5. The number of ether oxygens (including phenoxy) is 1. The lowest BCUT2D eigenvalue weighted by Crippen LogP contribution is -2.30. The molecule has 2 N–H and O–H groups in total. The minimum atomic E-state index is -0.595. The summed E-state index contributed by atoms with van der Waals surface area (Å²) in [4.78, 5) is 26.0. The number of methoxy groups -OCH3 is 1. The molecule has 1 amide bonds. The molecule has 1 aliphatic rings. The first kappa shape index (κ1) is 33.6. The van der Waals surface area contributed by atoms with Crippen LogP contribution in [0.15, 0.2) is 102 Å². The summed E-state index contributed by atoms with van der Waals surface area (Å²) >= 11 is 7.13. The number of amides is 1. The van der Waals surface area contributed by atoms with Crippen molar-refractivity contribution in [3.8, 4) is 28.3 Å². The average molecular weight is 645 g/mol. The van der Waals surface area contributed by atoms with Gasteiger partial charge in [0.15, 0.2) is 0 Å². The molecule has 0 radical (unpaired) electrons. The quantitative estimate of drug-likeness (QED) is 0.174. The molecule has 0 bridgehead atoms. The third-order valence-electron chi connectivity index (χ3n) is 8.58. The highest BCUT2D eigenvalue weighted by Crippen LogP contribution is 2.39. The van der Waals surface area contributed by atoms with Gasteiger partial charge in [-0.3, -0.25) is 14.8 Å². The molecule has 1 aliphatic heterocycles. The van der Waals surface area contributed by atoms with E-state index in [9.17, 15) is 4.79 Å². The smallest absolute Gasteiger partial charge is 0.223 e. The molecule has 0 unspecified atom stereocenters. The molecule has 0 atom stereocenters. The van der Waals surface area contributed by atoms with E-state index in [1.165, 1.54) is 5.56 Å². The molecular formula is C40H41ClN4O2. The molecular weight excluding hydrogens is 604 g/mol. The molecule has 0 aliphatic carbocycles. The highest BCUT2D eigenvalue weighted by atomic mass is 35.5. The van der Waals surface area contributed by atoms with Crippen LogP contribution in [0.4, 0.5) is 0 Å². The largest absolute Gasteiger partial charge is 0.481 e. The van der Waals surface area contributed by atoms with Gasteiger partial charge in [0.1, 0.15) is 0 Å². The Morgan fingerprint density at radius 3 is 2.53 bits per heavy atom. The molecule has 3 heterocycles. The summed E-state index contributed by atoms with van der Waals surface area (Å²) < 4.78 is 5.67. The number of aliphatic imine (C=N–C) groups is 1. The molecule has 0 saturated heterocycles. The van der Waals surface area contributed by atoms with Crippen LogP contribution in [0.1, 0.15) is 61.6 Å². The van der Waals surface area contributed by atoms with Crippen molar-refractivity contribution in [2.45, 2.75) is 53.4 Å². The van der Waals surface area contributed by atoms with Crippen molar-refractivity contribution < 1.29 is 9.53 Å². The summed E-state index contributed by atoms with van der Waals surface area (Å²) in [5.74, 6) is 0.212. The van der Waals surface area contributed by atoms with Gasteiger partial charge in [0, 0.05) is 34.0 Å². The normalized spacial score (nSPS) is 15.8. The fourth-order valence-corrected chi connectivity index (χ4v) is 5.91. The van der Waals surface area contributed by atoms with Crippen molar-refractivity contribution in [1.29, 1.82) is 0 Å². The average Bonchev–Trinajstić information content (AvgIpc) is 3.05.